The highest BCUT2D eigenvalue weighted by atomic mass is 16.5. The van der Waals surface area contributed by atoms with Crippen molar-refractivity contribution in [2.75, 3.05) is 27.9 Å². The summed E-state index contributed by atoms with van der Waals surface area (Å²) in [4.78, 5) is 24.0. The summed E-state index contributed by atoms with van der Waals surface area (Å²) in [5.74, 6) is -2.03. The molecule has 1 aromatic carbocycles. The Balaban J connectivity index is 2.99. The normalized spacial score (nSPS) is 11.0. The molecule has 8 heteroatoms. The second-order valence-corrected chi connectivity index (χ2v) is 4.67. The van der Waals surface area contributed by atoms with Gasteiger partial charge in [-0.1, -0.05) is 0 Å². The van der Waals surface area contributed by atoms with E-state index in [1.54, 1.807) is 6.07 Å². The van der Waals surface area contributed by atoms with E-state index in [9.17, 15) is 9.59 Å². The number of carbonyl (C=O) groups is 2. The van der Waals surface area contributed by atoms with Crippen molar-refractivity contribution in [3.63, 3.8) is 0 Å². The monoisotopic (exact) mass is 334 g/mol. The largest absolute Gasteiger partial charge is 0.493 e. The Morgan fingerprint density at radius 2 is 1.79 bits per heavy atom. The SMILES string of the molecule is COc1ccc(C(=O)OCC(=O)C(C#N)C(C)=N)c(OC)c1OC. The molecule has 0 saturated heterocycles. The molecule has 1 rings (SSSR count). The van der Waals surface area contributed by atoms with Crippen LogP contribution < -0.4 is 14.2 Å². The van der Waals surface area contributed by atoms with Crippen LogP contribution in [0, 0.1) is 22.7 Å². The van der Waals surface area contributed by atoms with Crippen LogP contribution in [0.2, 0.25) is 0 Å². The maximum absolute atomic E-state index is 12.2. The zero-order valence-corrected chi connectivity index (χ0v) is 13.8. The molecule has 1 N–H and O–H groups in total. The minimum absolute atomic E-state index is 0.0445. The maximum atomic E-state index is 12.2. The Morgan fingerprint density at radius 1 is 1.17 bits per heavy atom. The number of rotatable bonds is 8. The molecule has 0 aromatic heterocycles. The van der Waals surface area contributed by atoms with Gasteiger partial charge < -0.3 is 24.4 Å². The van der Waals surface area contributed by atoms with Crippen LogP contribution in [-0.2, 0) is 9.53 Å². The molecular weight excluding hydrogens is 316 g/mol. The van der Waals surface area contributed by atoms with Gasteiger partial charge >= 0.3 is 5.97 Å². The number of hydrogen-bond donors (Lipinski definition) is 1. The van der Waals surface area contributed by atoms with Gasteiger partial charge in [0.2, 0.25) is 5.75 Å². The maximum Gasteiger partial charge on any atom is 0.342 e. The highest BCUT2D eigenvalue weighted by Gasteiger charge is 2.25. The summed E-state index contributed by atoms with van der Waals surface area (Å²) in [5, 5.41) is 16.2. The topological polar surface area (TPSA) is 119 Å². The number of Topliss-reactive ketones (excluding diaryl/α,β-unsaturated/α-hetero) is 1. The summed E-state index contributed by atoms with van der Waals surface area (Å²) >= 11 is 0. The molecule has 8 nitrogen and oxygen atoms in total. The number of esters is 1. The number of ether oxygens (including phenoxy) is 4. The molecule has 0 fully saturated rings. The summed E-state index contributed by atoms with van der Waals surface area (Å²) in [6.45, 7) is 0.718. The first-order chi connectivity index (χ1) is 11.4. The fourth-order valence-corrected chi connectivity index (χ4v) is 1.97. The molecule has 0 heterocycles. The van der Waals surface area contributed by atoms with E-state index < -0.39 is 24.3 Å². The van der Waals surface area contributed by atoms with Crippen LogP contribution in [0.1, 0.15) is 17.3 Å². The number of nitriles is 1. The molecule has 1 unspecified atom stereocenters. The van der Waals surface area contributed by atoms with Gasteiger partial charge in [-0.05, 0) is 19.1 Å². The fourth-order valence-electron chi connectivity index (χ4n) is 1.97. The van der Waals surface area contributed by atoms with Crippen LogP contribution in [0.3, 0.4) is 0 Å². The van der Waals surface area contributed by atoms with Crippen LogP contribution in [-0.4, -0.2) is 45.4 Å². The predicted octanol–water partition coefficient (Wildman–Crippen LogP) is 1.62. The third-order valence-corrected chi connectivity index (χ3v) is 3.15. The number of carbonyl (C=O) groups excluding carboxylic acids is 2. The minimum atomic E-state index is -1.23. The Hall–Kier alpha value is -3.08. The van der Waals surface area contributed by atoms with E-state index >= 15 is 0 Å². The molecule has 0 aliphatic heterocycles. The molecule has 128 valence electrons. The molecule has 0 aliphatic carbocycles. The molecule has 0 bridgehead atoms. The number of ketones is 1. The average Bonchev–Trinajstić information content (AvgIpc) is 2.58. The molecular formula is C16H18N2O6. The van der Waals surface area contributed by atoms with Gasteiger partial charge in [0.15, 0.2) is 23.9 Å². The number of methoxy groups -OCH3 is 3. The number of hydrogen-bond acceptors (Lipinski definition) is 8. The van der Waals surface area contributed by atoms with Crippen molar-refractivity contribution in [3.05, 3.63) is 17.7 Å². The van der Waals surface area contributed by atoms with E-state index in [1.165, 1.54) is 40.4 Å². The van der Waals surface area contributed by atoms with E-state index in [0.717, 1.165) is 0 Å². The Bertz CT molecular complexity index is 693. The average molecular weight is 334 g/mol. The molecule has 0 amide bonds. The summed E-state index contributed by atoms with van der Waals surface area (Å²) in [5.41, 5.74) is -0.0646. The van der Waals surface area contributed by atoms with Crippen molar-refractivity contribution in [2.24, 2.45) is 5.92 Å². The minimum Gasteiger partial charge on any atom is -0.493 e. The first-order valence-corrected chi connectivity index (χ1v) is 6.84. The third-order valence-electron chi connectivity index (χ3n) is 3.15. The van der Waals surface area contributed by atoms with E-state index in [4.69, 9.17) is 29.6 Å². The van der Waals surface area contributed by atoms with E-state index in [-0.39, 0.29) is 22.8 Å². The van der Waals surface area contributed by atoms with Gasteiger partial charge in [0.25, 0.3) is 0 Å². The zero-order chi connectivity index (χ0) is 18.3. The van der Waals surface area contributed by atoms with Gasteiger partial charge in [-0.15, -0.1) is 0 Å². The molecule has 0 radical (unpaired) electrons. The molecule has 1 aromatic rings. The highest BCUT2D eigenvalue weighted by Crippen LogP contribution is 2.39. The first-order valence-electron chi connectivity index (χ1n) is 6.84. The number of nitrogens with zero attached hydrogens (tertiary/aromatic N) is 1. The van der Waals surface area contributed by atoms with Crippen molar-refractivity contribution in [3.8, 4) is 23.3 Å². The molecule has 0 spiro atoms. The second-order valence-electron chi connectivity index (χ2n) is 4.67. The van der Waals surface area contributed by atoms with Crippen molar-refractivity contribution >= 4 is 17.5 Å². The molecule has 24 heavy (non-hydrogen) atoms. The van der Waals surface area contributed by atoms with Crippen molar-refractivity contribution in [1.29, 1.82) is 10.7 Å². The summed E-state index contributed by atoms with van der Waals surface area (Å²) in [7, 11) is 4.18. The van der Waals surface area contributed by atoms with Gasteiger partial charge in [-0.25, -0.2) is 4.79 Å². The van der Waals surface area contributed by atoms with Crippen LogP contribution in [0.25, 0.3) is 0 Å². The molecule has 0 saturated carbocycles. The van der Waals surface area contributed by atoms with Gasteiger partial charge in [0.05, 0.1) is 27.4 Å². The zero-order valence-electron chi connectivity index (χ0n) is 13.8. The van der Waals surface area contributed by atoms with E-state index in [0.29, 0.717) is 5.75 Å². The summed E-state index contributed by atoms with van der Waals surface area (Å²) in [6, 6.07) is 4.61. The Morgan fingerprint density at radius 3 is 2.25 bits per heavy atom. The lowest BCUT2D eigenvalue weighted by atomic mass is 10.0. The summed E-state index contributed by atoms with van der Waals surface area (Å²) < 4.78 is 20.4. The van der Waals surface area contributed by atoms with E-state index in [1.807, 2.05) is 0 Å². The summed E-state index contributed by atoms with van der Waals surface area (Å²) in [6.07, 6.45) is 0. The van der Waals surface area contributed by atoms with Crippen LogP contribution in [0.5, 0.6) is 17.2 Å². The van der Waals surface area contributed by atoms with Crippen molar-refractivity contribution < 1.29 is 28.5 Å². The number of nitrogens with one attached hydrogen (secondary N) is 1. The lowest BCUT2D eigenvalue weighted by Gasteiger charge is -2.15. The lowest BCUT2D eigenvalue weighted by Crippen LogP contribution is -2.25. The van der Waals surface area contributed by atoms with Crippen LogP contribution in [0.4, 0.5) is 0 Å². The fraction of sp³-hybridized carbons (Fsp3) is 0.375. The van der Waals surface area contributed by atoms with Gasteiger partial charge in [0.1, 0.15) is 11.5 Å². The van der Waals surface area contributed by atoms with Gasteiger partial charge in [-0.3, -0.25) is 4.79 Å². The van der Waals surface area contributed by atoms with Crippen LogP contribution in [0.15, 0.2) is 12.1 Å². The van der Waals surface area contributed by atoms with E-state index in [2.05, 4.69) is 0 Å². The molecule has 1 atom stereocenters. The van der Waals surface area contributed by atoms with Crippen LogP contribution >= 0.6 is 0 Å². The highest BCUT2D eigenvalue weighted by molar-refractivity contribution is 6.06. The Kier molecular flexibility index (Phi) is 6.74. The predicted molar refractivity (Wildman–Crippen MR) is 83.9 cm³/mol. The standard InChI is InChI=1S/C16H18N2O6/c1-9(18)11(7-17)12(19)8-24-16(20)10-5-6-13(21-2)15(23-4)14(10)22-3/h5-6,11,18H,8H2,1-4H3. The van der Waals surface area contributed by atoms with Gasteiger partial charge in [0, 0.05) is 5.71 Å². The van der Waals surface area contributed by atoms with Crippen molar-refractivity contribution in [2.45, 2.75) is 6.92 Å². The third kappa shape index (κ3) is 4.01. The Labute approximate surface area is 139 Å². The quantitative estimate of drug-likeness (QED) is 0.566. The first kappa shape index (κ1) is 19.0. The second kappa shape index (κ2) is 8.53. The van der Waals surface area contributed by atoms with Crippen molar-refractivity contribution in [1.82, 2.24) is 0 Å². The molecule has 0 aliphatic rings. The lowest BCUT2D eigenvalue weighted by molar-refractivity contribution is -0.122. The van der Waals surface area contributed by atoms with Gasteiger partial charge in [-0.2, -0.15) is 5.26 Å². The smallest absolute Gasteiger partial charge is 0.342 e. The number of benzene rings is 1.